The first kappa shape index (κ1) is 25.9. The van der Waals surface area contributed by atoms with E-state index in [0.29, 0.717) is 6.07 Å². The topological polar surface area (TPSA) is 32.9 Å². The van der Waals surface area contributed by atoms with Crippen molar-refractivity contribution >= 4 is 0 Å². The quantitative estimate of drug-likeness (QED) is 0.539. The third-order valence-corrected chi connectivity index (χ3v) is 3.65. The molecule has 0 saturated heterocycles. The van der Waals surface area contributed by atoms with Gasteiger partial charge in [-0.25, -0.2) is 0 Å². The molecule has 17 heteroatoms. The fourth-order valence-electron chi connectivity index (χ4n) is 1.99. The van der Waals surface area contributed by atoms with Crippen molar-refractivity contribution in [1.82, 2.24) is 4.98 Å². The number of aromatic amines is 1. The minimum atomic E-state index is -8.37. The molecule has 1 heterocycles. The zero-order chi connectivity index (χ0) is 24.4. The monoisotopic (exact) mass is 477 g/mol. The number of halogens is 15. The van der Waals surface area contributed by atoms with Gasteiger partial charge in [0.1, 0.15) is 0 Å². The van der Waals surface area contributed by atoms with Gasteiger partial charge >= 0.3 is 41.7 Å². The molecule has 0 unspecified atom stereocenters. The Morgan fingerprint density at radius 1 is 0.600 bits per heavy atom. The molecule has 30 heavy (non-hydrogen) atoms. The number of H-pyrrole nitrogens is 1. The summed E-state index contributed by atoms with van der Waals surface area (Å²) in [6.07, 6.45) is -7.66. The van der Waals surface area contributed by atoms with Crippen LogP contribution in [-0.4, -0.2) is 40.8 Å². The van der Waals surface area contributed by atoms with Crippen LogP contribution in [0.2, 0.25) is 0 Å². The fraction of sp³-hybridized carbons (Fsp3) is 0.615. The lowest BCUT2D eigenvalue weighted by atomic mass is 9.90. The Bertz CT molecular complexity index is 851. The highest BCUT2D eigenvalue weighted by atomic mass is 19.4. The van der Waals surface area contributed by atoms with E-state index >= 15 is 0 Å². The third kappa shape index (κ3) is 3.29. The average molecular weight is 477 g/mol. The SMILES string of the molecule is Cc1cc(C(F)(F)C(F)(F)C(F)(F)C(F)(F)C(F)(F)C(F)(F)C(F)(F)F)[nH]c(=O)c1. The zero-order valence-corrected chi connectivity index (χ0v) is 13.7. The summed E-state index contributed by atoms with van der Waals surface area (Å²) in [4.78, 5) is 11.9. The summed E-state index contributed by atoms with van der Waals surface area (Å²) < 4.78 is 196. The maximum atomic E-state index is 13.9. The molecule has 0 aliphatic rings. The summed E-state index contributed by atoms with van der Waals surface area (Å²) in [5, 5.41) is 0. The van der Waals surface area contributed by atoms with Gasteiger partial charge in [0, 0.05) is 6.07 Å². The molecule has 0 aliphatic heterocycles. The molecule has 174 valence electrons. The van der Waals surface area contributed by atoms with Crippen LogP contribution in [0.5, 0.6) is 0 Å². The minimum Gasteiger partial charge on any atom is -0.321 e. The number of pyridine rings is 1. The van der Waals surface area contributed by atoms with Crippen molar-refractivity contribution in [2.24, 2.45) is 0 Å². The van der Waals surface area contributed by atoms with Crippen molar-refractivity contribution in [3.05, 3.63) is 33.7 Å². The average Bonchev–Trinajstić information content (AvgIpc) is 2.51. The number of hydrogen-bond acceptors (Lipinski definition) is 1. The second kappa shape index (κ2) is 6.70. The van der Waals surface area contributed by atoms with E-state index in [9.17, 15) is 70.7 Å². The van der Waals surface area contributed by atoms with Crippen LogP contribution in [0.3, 0.4) is 0 Å². The first-order valence-electron chi connectivity index (χ1n) is 6.94. The maximum Gasteiger partial charge on any atom is 0.460 e. The number of alkyl halides is 15. The van der Waals surface area contributed by atoms with Crippen LogP contribution in [0, 0.1) is 6.92 Å². The second-order valence-electron chi connectivity index (χ2n) is 5.88. The lowest BCUT2D eigenvalue weighted by Gasteiger charge is -2.41. The lowest BCUT2D eigenvalue weighted by molar-refractivity contribution is -0.454. The number of hydrogen-bond donors (Lipinski definition) is 1. The molecule has 1 aromatic rings. The first-order valence-corrected chi connectivity index (χ1v) is 6.94. The standard InChI is InChI=1S/C13H6F15NO/c1-4-2-5(29-6(30)3-4)7(14,15)8(16,17)9(18,19)10(20,21)11(22,23)12(24,25)13(26,27)28/h2-3H,1H3,(H,29,30). The number of nitrogens with one attached hydrogen (secondary N) is 1. The summed E-state index contributed by atoms with van der Waals surface area (Å²) in [5.74, 6) is -47.2. The summed E-state index contributed by atoms with van der Waals surface area (Å²) in [5.41, 5.74) is -4.85. The molecule has 2 nitrogen and oxygen atoms in total. The summed E-state index contributed by atoms with van der Waals surface area (Å²) in [6, 6.07) is 0.245. The van der Waals surface area contributed by atoms with Crippen LogP contribution in [0.1, 0.15) is 11.3 Å². The molecule has 1 rings (SSSR count). The molecule has 0 fully saturated rings. The van der Waals surface area contributed by atoms with Gasteiger partial charge in [0.25, 0.3) is 0 Å². The largest absolute Gasteiger partial charge is 0.460 e. The highest BCUT2D eigenvalue weighted by molar-refractivity contribution is 5.23. The van der Waals surface area contributed by atoms with Crippen molar-refractivity contribution in [1.29, 1.82) is 0 Å². The van der Waals surface area contributed by atoms with Gasteiger partial charge in [-0.3, -0.25) is 4.79 Å². The van der Waals surface area contributed by atoms with E-state index in [4.69, 9.17) is 0 Å². The van der Waals surface area contributed by atoms with E-state index in [0.717, 1.165) is 11.9 Å². The highest BCUT2D eigenvalue weighted by Crippen LogP contribution is 2.63. The van der Waals surface area contributed by atoms with Gasteiger partial charge in [0.05, 0.1) is 5.69 Å². The highest BCUT2D eigenvalue weighted by Gasteiger charge is 2.93. The molecule has 0 atom stereocenters. The van der Waals surface area contributed by atoms with Gasteiger partial charge in [0.2, 0.25) is 5.56 Å². The van der Waals surface area contributed by atoms with Crippen LogP contribution >= 0.6 is 0 Å². The molecular weight excluding hydrogens is 471 g/mol. The summed E-state index contributed by atoms with van der Waals surface area (Å²) in [6.45, 7) is 0.748. The summed E-state index contributed by atoms with van der Waals surface area (Å²) in [7, 11) is 0. The van der Waals surface area contributed by atoms with E-state index in [2.05, 4.69) is 0 Å². The third-order valence-electron chi connectivity index (χ3n) is 3.65. The first-order chi connectivity index (χ1) is 12.9. The lowest BCUT2D eigenvalue weighted by Crippen LogP contribution is -2.72. The Labute approximate surface area is 154 Å². The maximum absolute atomic E-state index is 13.9. The van der Waals surface area contributed by atoms with Crippen LogP contribution in [0.4, 0.5) is 65.9 Å². The Morgan fingerprint density at radius 2 is 0.967 bits per heavy atom. The van der Waals surface area contributed by atoms with Gasteiger partial charge < -0.3 is 4.98 Å². The normalized spacial score (nSPS) is 15.5. The van der Waals surface area contributed by atoms with E-state index in [1.165, 1.54) is 0 Å². The molecule has 0 bridgehead atoms. The van der Waals surface area contributed by atoms with Gasteiger partial charge in [-0.15, -0.1) is 0 Å². The minimum absolute atomic E-state index is 0.175. The molecule has 0 saturated carbocycles. The molecule has 0 amide bonds. The van der Waals surface area contributed by atoms with E-state index in [1.807, 2.05) is 0 Å². The molecule has 0 spiro atoms. The van der Waals surface area contributed by atoms with E-state index < -0.39 is 58.5 Å². The summed E-state index contributed by atoms with van der Waals surface area (Å²) >= 11 is 0. The molecule has 0 aliphatic carbocycles. The molecule has 0 radical (unpaired) electrons. The Morgan fingerprint density at radius 3 is 1.33 bits per heavy atom. The van der Waals surface area contributed by atoms with Crippen molar-refractivity contribution in [2.45, 2.75) is 48.6 Å². The van der Waals surface area contributed by atoms with Crippen molar-refractivity contribution in [3.8, 4) is 0 Å². The number of rotatable bonds is 6. The predicted molar refractivity (Wildman–Crippen MR) is 66.5 cm³/mol. The van der Waals surface area contributed by atoms with Gasteiger partial charge in [0.15, 0.2) is 0 Å². The molecule has 0 aromatic carbocycles. The van der Waals surface area contributed by atoms with Crippen LogP contribution in [0.25, 0.3) is 0 Å². The van der Waals surface area contributed by atoms with Crippen molar-refractivity contribution in [3.63, 3.8) is 0 Å². The fourth-order valence-corrected chi connectivity index (χ4v) is 1.99. The Balaban J connectivity index is 3.72. The van der Waals surface area contributed by atoms with Crippen LogP contribution < -0.4 is 5.56 Å². The van der Waals surface area contributed by atoms with Crippen molar-refractivity contribution < 1.29 is 65.9 Å². The van der Waals surface area contributed by atoms with Crippen molar-refractivity contribution in [2.75, 3.05) is 0 Å². The Hall–Kier alpha value is -2.10. The van der Waals surface area contributed by atoms with Crippen LogP contribution in [0.15, 0.2) is 16.9 Å². The Kier molecular flexibility index (Phi) is 5.79. The molecule has 1 N–H and O–H groups in total. The van der Waals surface area contributed by atoms with Gasteiger partial charge in [-0.2, -0.15) is 65.9 Å². The smallest absolute Gasteiger partial charge is 0.321 e. The number of aryl methyl sites for hydroxylation is 1. The molecular formula is C13H6F15NO. The van der Waals surface area contributed by atoms with Crippen LogP contribution in [-0.2, 0) is 5.92 Å². The van der Waals surface area contributed by atoms with Gasteiger partial charge in [-0.1, -0.05) is 0 Å². The molecule has 1 aromatic heterocycles. The zero-order valence-electron chi connectivity index (χ0n) is 13.7. The van der Waals surface area contributed by atoms with E-state index in [1.54, 1.807) is 0 Å². The predicted octanol–water partition coefficient (Wildman–Crippen LogP) is 5.51. The van der Waals surface area contributed by atoms with E-state index in [-0.39, 0.29) is 6.07 Å². The second-order valence-corrected chi connectivity index (χ2v) is 5.88. The van der Waals surface area contributed by atoms with Gasteiger partial charge in [-0.05, 0) is 18.6 Å². The number of aromatic nitrogens is 1.